The van der Waals surface area contributed by atoms with Crippen LogP contribution in [-0.4, -0.2) is 15.9 Å². The van der Waals surface area contributed by atoms with Crippen LogP contribution in [0.4, 0.5) is 0 Å². The van der Waals surface area contributed by atoms with Gasteiger partial charge in [-0.15, -0.1) is 11.3 Å². The van der Waals surface area contributed by atoms with Gasteiger partial charge in [0.25, 0.3) is 5.91 Å². The molecular formula is C18H19N3OS. The zero-order chi connectivity index (χ0) is 16.4. The Morgan fingerprint density at radius 1 is 1.22 bits per heavy atom. The highest BCUT2D eigenvalue weighted by molar-refractivity contribution is 7.09. The Balaban J connectivity index is 1.80. The molecule has 0 fully saturated rings. The average molecular weight is 325 g/mol. The minimum atomic E-state index is -0.105. The first-order chi connectivity index (χ1) is 11.1. The van der Waals surface area contributed by atoms with E-state index >= 15 is 0 Å². The van der Waals surface area contributed by atoms with Crippen molar-refractivity contribution in [1.82, 2.24) is 15.3 Å². The summed E-state index contributed by atoms with van der Waals surface area (Å²) in [5.74, 6) is -0.105. The quantitative estimate of drug-likeness (QED) is 0.794. The van der Waals surface area contributed by atoms with Crippen molar-refractivity contribution in [2.24, 2.45) is 0 Å². The molecule has 1 N–H and O–H groups in total. The summed E-state index contributed by atoms with van der Waals surface area (Å²) in [7, 11) is 0. The molecule has 4 nitrogen and oxygen atoms in total. The van der Waals surface area contributed by atoms with E-state index in [2.05, 4.69) is 22.2 Å². The van der Waals surface area contributed by atoms with E-state index in [-0.39, 0.29) is 5.91 Å². The Kier molecular flexibility index (Phi) is 4.39. The van der Waals surface area contributed by atoms with Crippen LogP contribution in [0.15, 0.2) is 29.6 Å². The van der Waals surface area contributed by atoms with Crippen molar-refractivity contribution in [3.05, 3.63) is 57.2 Å². The Bertz CT molecular complexity index is 870. The Labute approximate surface area is 139 Å². The van der Waals surface area contributed by atoms with E-state index in [9.17, 15) is 4.79 Å². The van der Waals surface area contributed by atoms with Crippen LogP contribution in [0.5, 0.6) is 0 Å². The summed E-state index contributed by atoms with van der Waals surface area (Å²) in [6.07, 6.45) is 0.914. The number of carbonyl (C=O) groups excluding carboxylic acids is 1. The molecule has 0 atom stereocenters. The molecule has 0 aliphatic rings. The molecule has 0 bridgehead atoms. The summed E-state index contributed by atoms with van der Waals surface area (Å²) >= 11 is 1.58. The highest BCUT2D eigenvalue weighted by atomic mass is 32.1. The number of nitrogens with zero attached hydrogens (tertiary/aromatic N) is 2. The van der Waals surface area contributed by atoms with Crippen molar-refractivity contribution >= 4 is 28.1 Å². The lowest BCUT2D eigenvalue weighted by molar-refractivity contribution is 0.0950. The number of fused-ring (bicyclic) bond motifs is 1. The van der Waals surface area contributed by atoms with Gasteiger partial charge in [-0.1, -0.05) is 18.6 Å². The Morgan fingerprint density at radius 2 is 2.04 bits per heavy atom. The van der Waals surface area contributed by atoms with Gasteiger partial charge in [-0.2, -0.15) is 0 Å². The molecule has 1 amide bonds. The van der Waals surface area contributed by atoms with E-state index in [1.165, 1.54) is 0 Å². The third kappa shape index (κ3) is 3.40. The first kappa shape index (κ1) is 15.6. The van der Waals surface area contributed by atoms with Crippen LogP contribution in [0, 0.1) is 13.8 Å². The number of carbonyl (C=O) groups is 1. The van der Waals surface area contributed by atoms with Gasteiger partial charge in [0.05, 0.1) is 29.0 Å². The lowest BCUT2D eigenvalue weighted by Crippen LogP contribution is -2.24. The molecule has 2 aromatic heterocycles. The molecule has 0 saturated heterocycles. The highest BCUT2D eigenvalue weighted by Crippen LogP contribution is 2.18. The largest absolute Gasteiger partial charge is 0.345 e. The molecule has 23 heavy (non-hydrogen) atoms. The van der Waals surface area contributed by atoms with Crippen LogP contribution in [-0.2, 0) is 13.0 Å². The van der Waals surface area contributed by atoms with Gasteiger partial charge in [-0.05, 0) is 38.5 Å². The van der Waals surface area contributed by atoms with Gasteiger partial charge in [-0.3, -0.25) is 9.78 Å². The van der Waals surface area contributed by atoms with Crippen molar-refractivity contribution in [3.8, 4) is 0 Å². The predicted octanol–water partition coefficient (Wildman–Crippen LogP) is 3.80. The van der Waals surface area contributed by atoms with Crippen molar-refractivity contribution in [2.75, 3.05) is 0 Å². The Morgan fingerprint density at radius 3 is 2.78 bits per heavy atom. The summed E-state index contributed by atoms with van der Waals surface area (Å²) in [5, 5.41) is 6.89. The number of hydrogen-bond acceptors (Lipinski definition) is 4. The summed E-state index contributed by atoms with van der Waals surface area (Å²) < 4.78 is 0. The van der Waals surface area contributed by atoms with Gasteiger partial charge in [0, 0.05) is 10.8 Å². The fourth-order valence-electron chi connectivity index (χ4n) is 2.47. The van der Waals surface area contributed by atoms with Crippen molar-refractivity contribution < 1.29 is 4.79 Å². The molecule has 2 heterocycles. The third-order valence-corrected chi connectivity index (χ3v) is 4.66. The number of aromatic nitrogens is 2. The standard InChI is InChI=1S/C18H19N3OS/c1-4-14-10-23-17(21-14)9-19-18(22)15-8-13-7-11(2)5-6-16(13)20-12(15)3/h5-8,10H,4,9H2,1-3H3,(H,19,22). The molecule has 3 aromatic rings. The summed E-state index contributed by atoms with van der Waals surface area (Å²) in [5.41, 5.74) is 4.50. The third-order valence-electron chi connectivity index (χ3n) is 3.77. The van der Waals surface area contributed by atoms with E-state index in [0.29, 0.717) is 12.1 Å². The minimum absolute atomic E-state index is 0.105. The highest BCUT2D eigenvalue weighted by Gasteiger charge is 2.12. The lowest BCUT2D eigenvalue weighted by atomic mass is 10.1. The van der Waals surface area contributed by atoms with E-state index in [0.717, 1.165) is 39.3 Å². The molecule has 3 rings (SSSR count). The monoisotopic (exact) mass is 325 g/mol. The number of hydrogen-bond donors (Lipinski definition) is 1. The fourth-order valence-corrected chi connectivity index (χ4v) is 3.28. The summed E-state index contributed by atoms with van der Waals surface area (Å²) in [4.78, 5) is 21.5. The first-order valence-electron chi connectivity index (χ1n) is 7.66. The second-order valence-electron chi connectivity index (χ2n) is 5.59. The smallest absolute Gasteiger partial charge is 0.253 e. The van der Waals surface area contributed by atoms with Gasteiger partial charge in [0.15, 0.2) is 0 Å². The van der Waals surface area contributed by atoms with Gasteiger partial charge in [0.1, 0.15) is 5.01 Å². The van der Waals surface area contributed by atoms with Gasteiger partial charge >= 0.3 is 0 Å². The van der Waals surface area contributed by atoms with Gasteiger partial charge < -0.3 is 5.32 Å². The SMILES string of the molecule is CCc1csc(CNC(=O)c2cc3cc(C)ccc3nc2C)n1. The maximum atomic E-state index is 12.5. The normalized spacial score (nSPS) is 10.9. The number of benzene rings is 1. The molecule has 5 heteroatoms. The summed E-state index contributed by atoms with van der Waals surface area (Å²) in [6.45, 7) is 6.43. The van der Waals surface area contributed by atoms with Crippen LogP contribution in [0.3, 0.4) is 0 Å². The predicted molar refractivity (Wildman–Crippen MR) is 93.9 cm³/mol. The molecular weight excluding hydrogens is 306 g/mol. The van der Waals surface area contributed by atoms with Gasteiger partial charge in [0.2, 0.25) is 0 Å². The molecule has 0 radical (unpaired) electrons. The average Bonchev–Trinajstić information content (AvgIpc) is 3.00. The lowest BCUT2D eigenvalue weighted by Gasteiger charge is -2.08. The minimum Gasteiger partial charge on any atom is -0.345 e. The number of aryl methyl sites for hydroxylation is 3. The molecule has 0 saturated carbocycles. The number of rotatable bonds is 4. The number of thiazole rings is 1. The van der Waals surface area contributed by atoms with Crippen molar-refractivity contribution in [2.45, 2.75) is 33.7 Å². The molecule has 0 unspecified atom stereocenters. The van der Waals surface area contributed by atoms with Gasteiger partial charge in [-0.25, -0.2) is 4.98 Å². The summed E-state index contributed by atoms with van der Waals surface area (Å²) in [6, 6.07) is 7.98. The van der Waals surface area contributed by atoms with E-state index < -0.39 is 0 Å². The second kappa shape index (κ2) is 6.46. The maximum Gasteiger partial charge on any atom is 0.253 e. The van der Waals surface area contributed by atoms with Crippen LogP contribution >= 0.6 is 11.3 Å². The van der Waals surface area contributed by atoms with Crippen LogP contribution in [0.25, 0.3) is 10.9 Å². The van der Waals surface area contributed by atoms with Crippen LogP contribution < -0.4 is 5.32 Å². The van der Waals surface area contributed by atoms with Crippen LogP contribution in [0.2, 0.25) is 0 Å². The zero-order valence-electron chi connectivity index (χ0n) is 13.5. The zero-order valence-corrected chi connectivity index (χ0v) is 14.3. The molecule has 1 aromatic carbocycles. The fraction of sp³-hybridized carbons (Fsp3) is 0.278. The van der Waals surface area contributed by atoms with E-state index in [1.807, 2.05) is 43.5 Å². The van der Waals surface area contributed by atoms with E-state index in [1.54, 1.807) is 11.3 Å². The van der Waals surface area contributed by atoms with Crippen molar-refractivity contribution in [3.63, 3.8) is 0 Å². The van der Waals surface area contributed by atoms with E-state index in [4.69, 9.17) is 0 Å². The number of pyridine rings is 1. The topological polar surface area (TPSA) is 54.9 Å². The molecule has 0 spiro atoms. The number of amides is 1. The molecule has 118 valence electrons. The van der Waals surface area contributed by atoms with Crippen molar-refractivity contribution in [1.29, 1.82) is 0 Å². The second-order valence-corrected chi connectivity index (χ2v) is 6.53. The molecule has 0 aliphatic heterocycles. The first-order valence-corrected chi connectivity index (χ1v) is 8.54. The van der Waals surface area contributed by atoms with Crippen LogP contribution in [0.1, 0.15) is 39.2 Å². The maximum absolute atomic E-state index is 12.5. The Hall–Kier alpha value is -2.27. The molecule has 0 aliphatic carbocycles. The number of nitrogens with one attached hydrogen (secondary N) is 1.